The van der Waals surface area contributed by atoms with Gasteiger partial charge in [0.2, 0.25) is 13.1 Å². The Hall–Kier alpha value is -1.22. The largest absolute Gasteiger partial charge is 1.00 e. The van der Waals surface area contributed by atoms with Crippen LogP contribution in [0.25, 0.3) is 11.4 Å². The molecule has 0 aliphatic carbocycles. The Morgan fingerprint density at radius 2 is 1.24 bits per heavy atom. The number of nitrogens with zero attached hydrogens (tertiary/aromatic N) is 2. The van der Waals surface area contributed by atoms with E-state index in [2.05, 4.69) is 59.6 Å². The number of pyridine rings is 2. The fourth-order valence-corrected chi connectivity index (χ4v) is 2.32. The van der Waals surface area contributed by atoms with E-state index in [9.17, 15) is 0 Å². The third-order valence-electron chi connectivity index (χ3n) is 3.23. The summed E-state index contributed by atoms with van der Waals surface area (Å²) in [6, 6.07) is 8.89. The van der Waals surface area contributed by atoms with Crippen molar-refractivity contribution in [3.63, 3.8) is 0 Å². The normalized spacial score (nSPS) is 12.4. The number of hydrogen-bond acceptors (Lipinski definition) is 0. The maximum absolute atomic E-state index is 2.34. The molecular weight excluding hydrogens is 276 g/mol. The molecule has 3 heteroatoms. The monoisotopic (exact) mass is 291 g/mol. The van der Waals surface area contributed by atoms with Crippen molar-refractivity contribution >= 4 is 0 Å². The Balaban J connectivity index is 0.00000108. The minimum absolute atomic E-state index is 0. The molecule has 3 heterocycles. The lowest BCUT2D eigenvalue weighted by Gasteiger charge is -2.10. The molecule has 0 aromatic carbocycles. The van der Waals surface area contributed by atoms with Crippen LogP contribution in [0.15, 0.2) is 36.7 Å². The van der Waals surface area contributed by atoms with Gasteiger partial charge in [-0.3, -0.25) is 0 Å². The van der Waals surface area contributed by atoms with Gasteiger partial charge in [0.15, 0.2) is 12.4 Å². The molecule has 2 aromatic rings. The second-order valence-electron chi connectivity index (χ2n) is 4.57. The average molecular weight is 292 g/mol. The lowest BCUT2D eigenvalue weighted by Crippen LogP contribution is -3.00. The number of halogens is 1. The van der Waals surface area contributed by atoms with Gasteiger partial charge in [-0.15, -0.1) is 0 Å². The number of fused-ring (bicyclic) bond motifs is 3. The van der Waals surface area contributed by atoms with E-state index in [1.165, 1.54) is 22.5 Å². The smallest absolute Gasteiger partial charge is 0.277 e. The molecular formula is C14H16BrN2+. The summed E-state index contributed by atoms with van der Waals surface area (Å²) in [4.78, 5) is 0. The van der Waals surface area contributed by atoms with Gasteiger partial charge >= 0.3 is 0 Å². The van der Waals surface area contributed by atoms with Crippen LogP contribution in [0.2, 0.25) is 0 Å². The van der Waals surface area contributed by atoms with Crippen LogP contribution in [-0.4, -0.2) is 0 Å². The van der Waals surface area contributed by atoms with Gasteiger partial charge in [-0.05, 0) is 25.0 Å². The highest BCUT2D eigenvalue weighted by Crippen LogP contribution is 2.16. The van der Waals surface area contributed by atoms with Crippen LogP contribution in [-0.2, 0) is 13.1 Å². The summed E-state index contributed by atoms with van der Waals surface area (Å²) in [7, 11) is 0. The molecule has 0 bridgehead atoms. The van der Waals surface area contributed by atoms with Gasteiger partial charge < -0.3 is 17.0 Å². The topological polar surface area (TPSA) is 7.76 Å². The van der Waals surface area contributed by atoms with Crippen LogP contribution >= 0.6 is 0 Å². The van der Waals surface area contributed by atoms with Gasteiger partial charge in [0.25, 0.3) is 11.4 Å². The molecule has 0 radical (unpaired) electrons. The summed E-state index contributed by atoms with van der Waals surface area (Å²) >= 11 is 0. The maximum Gasteiger partial charge on any atom is 0.277 e. The first kappa shape index (κ1) is 12.2. The minimum Gasteiger partial charge on any atom is -1.00 e. The summed E-state index contributed by atoms with van der Waals surface area (Å²) in [6.07, 6.45) is 4.38. The fourth-order valence-electron chi connectivity index (χ4n) is 2.32. The second kappa shape index (κ2) is 4.57. The van der Waals surface area contributed by atoms with E-state index in [1.54, 1.807) is 0 Å². The van der Waals surface area contributed by atoms with Crippen molar-refractivity contribution in [1.82, 2.24) is 0 Å². The van der Waals surface area contributed by atoms with Gasteiger partial charge in [-0.25, -0.2) is 0 Å². The fraction of sp³-hybridized carbons (Fsp3) is 0.286. The van der Waals surface area contributed by atoms with Crippen molar-refractivity contribution in [1.29, 1.82) is 0 Å². The van der Waals surface area contributed by atoms with Crippen LogP contribution in [0.5, 0.6) is 0 Å². The highest BCUT2D eigenvalue weighted by Gasteiger charge is 2.28. The first-order valence-electron chi connectivity index (χ1n) is 5.74. The first-order valence-corrected chi connectivity index (χ1v) is 5.74. The molecule has 88 valence electrons. The van der Waals surface area contributed by atoms with Crippen molar-refractivity contribution in [2.75, 3.05) is 0 Å². The van der Waals surface area contributed by atoms with Crippen molar-refractivity contribution in [3.05, 3.63) is 47.8 Å². The van der Waals surface area contributed by atoms with E-state index in [0.29, 0.717) is 0 Å². The molecule has 1 aliphatic heterocycles. The van der Waals surface area contributed by atoms with E-state index in [-0.39, 0.29) is 17.0 Å². The zero-order chi connectivity index (χ0) is 11.1. The van der Waals surface area contributed by atoms with Crippen LogP contribution in [0.3, 0.4) is 0 Å². The SMILES string of the molecule is Cc1cc[n+]2c(c1)-c1cc(C)cc[n+]1CC2.[Br-]. The predicted octanol–water partition coefficient (Wildman–Crippen LogP) is -1.44. The van der Waals surface area contributed by atoms with Gasteiger partial charge in [-0.1, -0.05) is 0 Å². The Morgan fingerprint density at radius 3 is 1.65 bits per heavy atom. The predicted molar refractivity (Wildman–Crippen MR) is 61.7 cm³/mol. The minimum atomic E-state index is 0. The van der Waals surface area contributed by atoms with E-state index in [0.717, 1.165) is 13.1 Å². The van der Waals surface area contributed by atoms with Gasteiger partial charge in [-0.2, -0.15) is 9.13 Å². The molecule has 2 aromatic heterocycles. The van der Waals surface area contributed by atoms with Crippen molar-refractivity contribution in [3.8, 4) is 11.4 Å². The standard InChI is InChI=1S/C14H16N2.BrH/c1-11-3-5-15-7-8-16-6-4-12(2)10-14(16)13(15)9-11;/h3-6,9-10H,7-8H2,1-2H3;1H/q+2;/p-1. The third-order valence-corrected chi connectivity index (χ3v) is 3.23. The lowest BCUT2D eigenvalue weighted by atomic mass is 10.1. The Labute approximate surface area is 112 Å². The summed E-state index contributed by atoms with van der Waals surface area (Å²) in [6.45, 7) is 6.43. The van der Waals surface area contributed by atoms with Gasteiger partial charge in [0.1, 0.15) is 0 Å². The molecule has 0 fully saturated rings. The van der Waals surface area contributed by atoms with Crippen LogP contribution in [0, 0.1) is 13.8 Å². The zero-order valence-electron chi connectivity index (χ0n) is 10.2. The molecule has 2 nitrogen and oxygen atoms in total. The van der Waals surface area contributed by atoms with Crippen LogP contribution < -0.4 is 26.1 Å². The van der Waals surface area contributed by atoms with Crippen molar-refractivity contribution in [2.24, 2.45) is 0 Å². The Morgan fingerprint density at radius 1 is 0.824 bits per heavy atom. The van der Waals surface area contributed by atoms with E-state index >= 15 is 0 Å². The van der Waals surface area contributed by atoms with E-state index in [1.807, 2.05) is 0 Å². The van der Waals surface area contributed by atoms with Crippen molar-refractivity contribution in [2.45, 2.75) is 26.9 Å². The van der Waals surface area contributed by atoms with Crippen LogP contribution in [0.4, 0.5) is 0 Å². The quantitative estimate of drug-likeness (QED) is 0.526. The molecule has 0 saturated heterocycles. The number of aromatic nitrogens is 2. The molecule has 1 aliphatic rings. The zero-order valence-corrected chi connectivity index (χ0v) is 11.7. The number of aryl methyl sites for hydroxylation is 4. The average Bonchev–Trinajstić information content (AvgIpc) is 2.29. The Bertz CT molecular complexity index is 513. The van der Waals surface area contributed by atoms with Gasteiger partial charge in [0.05, 0.1) is 0 Å². The Kier molecular flexibility index (Phi) is 3.29. The van der Waals surface area contributed by atoms with E-state index in [4.69, 9.17) is 0 Å². The summed E-state index contributed by atoms with van der Waals surface area (Å²) < 4.78 is 4.67. The maximum atomic E-state index is 2.34. The first-order chi connectivity index (χ1) is 7.74. The highest BCUT2D eigenvalue weighted by atomic mass is 79.9. The summed E-state index contributed by atoms with van der Waals surface area (Å²) in [5.41, 5.74) is 5.30. The molecule has 0 N–H and O–H groups in total. The summed E-state index contributed by atoms with van der Waals surface area (Å²) in [5.74, 6) is 0. The number of hydrogen-bond donors (Lipinski definition) is 0. The van der Waals surface area contributed by atoms with Crippen molar-refractivity contribution < 1.29 is 26.1 Å². The molecule has 3 rings (SSSR count). The van der Waals surface area contributed by atoms with Crippen LogP contribution in [0.1, 0.15) is 11.1 Å². The molecule has 0 atom stereocenters. The lowest BCUT2D eigenvalue weighted by molar-refractivity contribution is -0.795. The highest BCUT2D eigenvalue weighted by molar-refractivity contribution is 5.49. The molecule has 0 saturated carbocycles. The molecule has 0 amide bonds. The number of rotatable bonds is 0. The summed E-state index contributed by atoms with van der Waals surface area (Å²) in [5, 5.41) is 0. The molecule has 0 unspecified atom stereocenters. The van der Waals surface area contributed by atoms with Gasteiger partial charge in [0, 0.05) is 24.3 Å². The second-order valence-corrected chi connectivity index (χ2v) is 4.57. The van der Waals surface area contributed by atoms with E-state index < -0.39 is 0 Å². The molecule has 0 spiro atoms. The third kappa shape index (κ3) is 2.12. The molecule has 17 heavy (non-hydrogen) atoms.